The lowest BCUT2D eigenvalue weighted by atomic mass is 10.0. The van der Waals surface area contributed by atoms with E-state index in [1.807, 2.05) is 6.07 Å². The van der Waals surface area contributed by atoms with Gasteiger partial charge in [-0.05, 0) is 31.5 Å². The van der Waals surface area contributed by atoms with E-state index in [2.05, 4.69) is 32.7 Å². The third-order valence-electron chi connectivity index (χ3n) is 4.07. The van der Waals surface area contributed by atoms with Crippen molar-refractivity contribution < 1.29 is 0 Å². The van der Waals surface area contributed by atoms with Gasteiger partial charge in [0.1, 0.15) is 15.0 Å². The first-order valence-corrected chi connectivity index (χ1v) is 9.34. The second-order valence-corrected chi connectivity index (χ2v) is 7.91. The van der Waals surface area contributed by atoms with Gasteiger partial charge in [-0.2, -0.15) is 0 Å². The van der Waals surface area contributed by atoms with Crippen molar-refractivity contribution in [3.8, 4) is 0 Å². The first-order chi connectivity index (χ1) is 10.8. The molecule has 0 saturated carbocycles. The minimum absolute atomic E-state index is 0.365. The molecule has 0 N–H and O–H groups in total. The van der Waals surface area contributed by atoms with Crippen LogP contribution in [0.2, 0.25) is 4.34 Å². The Hall–Kier alpha value is -1.08. The van der Waals surface area contributed by atoms with Crippen LogP contribution in [0.1, 0.15) is 36.0 Å². The molecule has 22 heavy (non-hydrogen) atoms. The van der Waals surface area contributed by atoms with E-state index >= 15 is 0 Å². The van der Waals surface area contributed by atoms with Gasteiger partial charge >= 0.3 is 0 Å². The molecule has 7 heteroatoms. The Morgan fingerprint density at radius 3 is 3.00 bits per heavy atom. The van der Waals surface area contributed by atoms with Crippen molar-refractivity contribution in [3.63, 3.8) is 0 Å². The molecule has 0 radical (unpaired) electrons. The Labute approximate surface area is 141 Å². The molecule has 1 aromatic carbocycles. The standard InChI is InChI=1S/C15H15ClN4S2/c16-14-11(18-19-22-14)9-20-8-4-3-6-12(20)15-17-10-5-1-2-7-13(10)21-15/h1-2,5,7,12H,3-4,6,8-9H2. The van der Waals surface area contributed by atoms with Gasteiger partial charge in [0, 0.05) is 18.1 Å². The van der Waals surface area contributed by atoms with Crippen LogP contribution in [-0.4, -0.2) is 26.0 Å². The first-order valence-electron chi connectivity index (χ1n) is 7.37. The van der Waals surface area contributed by atoms with Crippen LogP contribution in [0.5, 0.6) is 0 Å². The molecule has 0 amide bonds. The summed E-state index contributed by atoms with van der Waals surface area (Å²) in [5, 5.41) is 5.37. The van der Waals surface area contributed by atoms with E-state index < -0.39 is 0 Å². The Balaban J connectivity index is 1.63. The monoisotopic (exact) mass is 350 g/mol. The lowest BCUT2D eigenvalue weighted by molar-refractivity contribution is 0.138. The summed E-state index contributed by atoms with van der Waals surface area (Å²) in [5.74, 6) is 0. The Kier molecular flexibility index (Phi) is 4.09. The quantitative estimate of drug-likeness (QED) is 0.696. The number of likely N-dealkylation sites (tertiary alicyclic amines) is 1. The first kappa shape index (κ1) is 14.5. The zero-order valence-corrected chi connectivity index (χ0v) is 14.3. The maximum absolute atomic E-state index is 6.17. The van der Waals surface area contributed by atoms with E-state index in [0.29, 0.717) is 10.4 Å². The molecule has 1 fully saturated rings. The molecule has 114 valence electrons. The highest BCUT2D eigenvalue weighted by Crippen LogP contribution is 2.36. The third kappa shape index (κ3) is 2.76. The number of hydrogen-bond donors (Lipinski definition) is 0. The summed E-state index contributed by atoms with van der Waals surface area (Å²) in [6, 6.07) is 8.72. The number of hydrogen-bond acceptors (Lipinski definition) is 6. The molecule has 3 aromatic rings. The third-order valence-corrected chi connectivity index (χ3v) is 6.19. The van der Waals surface area contributed by atoms with E-state index in [1.165, 1.54) is 34.1 Å². The number of piperidine rings is 1. The summed E-state index contributed by atoms with van der Waals surface area (Å²) in [6.07, 6.45) is 3.62. The van der Waals surface area contributed by atoms with Crippen LogP contribution in [0.25, 0.3) is 10.2 Å². The normalized spacial score (nSPS) is 19.8. The molecule has 1 aliphatic heterocycles. The minimum atomic E-state index is 0.365. The lowest BCUT2D eigenvalue weighted by Crippen LogP contribution is -2.33. The molecule has 0 bridgehead atoms. The molecule has 3 heterocycles. The molecule has 0 spiro atoms. The van der Waals surface area contributed by atoms with Gasteiger partial charge in [-0.25, -0.2) is 4.98 Å². The fourth-order valence-electron chi connectivity index (χ4n) is 2.98. The van der Waals surface area contributed by atoms with Crippen LogP contribution in [0, 0.1) is 0 Å². The van der Waals surface area contributed by atoms with Crippen molar-refractivity contribution >= 4 is 44.7 Å². The average molecular weight is 351 g/mol. The molecule has 1 atom stereocenters. The van der Waals surface area contributed by atoms with E-state index in [4.69, 9.17) is 16.6 Å². The summed E-state index contributed by atoms with van der Waals surface area (Å²) in [6.45, 7) is 1.82. The van der Waals surface area contributed by atoms with Crippen LogP contribution in [0.4, 0.5) is 0 Å². The zero-order chi connectivity index (χ0) is 14.9. The van der Waals surface area contributed by atoms with Gasteiger partial charge < -0.3 is 0 Å². The molecule has 2 aromatic heterocycles. The van der Waals surface area contributed by atoms with Crippen LogP contribution < -0.4 is 0 Å². The zero-order valence-electron chi connectivity index (χ0n) is 11.9. The Morgan fingerprint density at radius 1 is 1.27 bits per heavy atom. The van der Waals surface area contributed by atoms with Crippen molar-refractivity contribution in [2.24, 2.45) is 0 Å². The number of para-hydroxylation sites is 1. The predicted molar refractivity (Wildman–Crippen MR) is 91.5 cm³/mol. The maximum Gasteiger partial charge on any atom is 0.138 e. The van der Waals surface area contributed by atoms with Crippen LogP contribution >= 0.6 is 34.5 Å². The molecular formula is C15H15ClN4S2. The van der Waals surface area contributed by atoms with Crippen molar-refractivity contribution in [1.82, 2.24) is 19.5 Å². The van der Waals surface area contributed by atoms with E-state index in [1.54, 1.807) is 11.3 Å². The molecule has 4 rings (SSSR count). The van der Waals surface area contributed by atoms with Gasteiger partial charge in [0.05, 0.1) is 16.3 Å². The molecule has 1 saturated heterocycles. The van der Waals surface area contributed by atoms with E-state index in [0.717, 1.165) is 30.7 Å². The predicted octanol–water partition coefficient (Wildman–Crippen LogP) is 4.53. The van der Waals surface area contributed by atoms with Gasteiger partial charge in [-0.15, -0.1) is 16.4 Å². The van der Waals surface area contributed by atoms with Crippen LogP contribution in [0.15, 0.2) is 24.3 Å². The van der Waals surface area contributed by atoms with Gasteiger partial charge in [0.25, 0.3) is 0 Å². The highest BCUT2D eigenvalue weighted by Gasteiger charge is 2.28. The molecular weight excluding hydrogens is 336 g/mol. The summed E-state index contributed by atoms with van der Waals surface area (Å²) in [5.41, 5.74) is 1.99. The van der Waals surface area contributed by atoms with Gasteiger partial charge in [0.2, 0.25) is 0 Å². The fourth-order valence-corrected chi connectivity index (χ4v) is 4.73. The largest absolute Gasteiger partial charge is 0.288 e. The number of benzene rings is 1. The van der Waals surface area contributed by atoms with Crippen molar-refractivity contribution in [1.29, 1.82) is 0 Å². The summed E-state index contributed by atoms with van der Waals surface area (Å²) >= 11 is 9.23. The maximum atomic E-state index is 6.17. The van der Waals surface area contributed by atoms with Gasteiger partial charge in [-0.1, -0.05) is 34.6 Å². The highest BCUT2D eigenvalue weighted by molar-refractivity contribution is 7.18. The average Bonchev–Trinajstić information content (AvgIpc) is 3.14. The molecule has 1 aliphatic rings. The van der Waals surface area contributed by atoms with Crippen molar-refractivity contribution in [2.45, 2.75) is 31.8 Å². The molecule has 0 aliphatic carbocycles. The highest BCUT2D eigenvalue weighted by atomic mass is 35.5. The number of halogens is 1. The van der Waals surface area contributed by atoms with Crippen LogP contribution in [0.3, 0.4) is 0 Å². The van der Waals surface area contributed by atoms with E-state index in [-0.39, 0.29) is 0 Å². The van der Waals surface area contributed by atoms with E-state index in [9.17, 15) is 0 Å². The number of fused-ring (bicyclic) bond motifs is 1. The lowest BCUT2D eigenvalue weighted by Gasteiger charge is -2.33. The summed E-state index contributed by atoms with van der Waals surface area (Å²) in [7, 11) is 0. The van der Waals surface area contributed by atoms with Crippen molar-refractivity contribution in [2.75, 3.05) is 6.54 Å². The second kappa shape index (κ2) is 6.20. The number of rotatable bonds is 3. The van der Waals surface area contributed by atoms with Gasteiger partial charge in [0.15, 0.2) is 0 Å². The Bertz CT molecular complexity index is 752. The minimum Gasteiger partial charge on any atom is -0.288 e. The van der Waals surface area contributed by atoms with Crippen LogP contribution in [-0.2, 0) is 6.54 Å². The smallest absolute Gasteiger partial charge is 0.138 e. The summed E-state index contributed by atoms with van der Waals surface area (Å²) < 4.78 is 5.90. The molecule has 4 nitrogen and oxygen atoms in total. The Morgan fingerprint density at radius 2 is 2.18 bits per heavy atom. The number of nitrogens with zero attached hydrogens (tertiary/aromatic N) is 4. The fraction of sp³-hybridized carbons (Fsp3) is 0.400. The number of aromatic nitrogens is 3. The summed E-state index contributed by atoms with van der Waals surface area (Å²) in [4.78, 5) is 7.30. The van der Waals surface area contributed by atoms with Gasteiger partial charge in [-0.3, -0.25) is 4.90 Å². The number of thiazole rings is 1. The molecule has 1 unspecified atom stereocenters. The van der Waals surface area contributed by atoms with Crippen molar-refractivity contribution in [3.05, 3.63) is 39.3 Å². The SMILES string of the molecule is Clc1snnc1CN1CCCCC1c1nc2ccccc2s1. The topological polar surface area (TPSA) is 41.9 Å². The second-order valence-electron chi connectivity index (χ2n) is 5.50.